The van der Waals surface area contributed by atoms with Gasteiger partial charge in [0, 0.05) is 53.8 Å². The number of nitrogens with zero attached hydrogens (tertiary/aromatic N) is 1. The lowest BCUT2D eigenvalue weighted by Gasteiger charge is -2.12. The van der Waals surface area contributed by atoms with Crippen LogP contribution in [-0.2, 0) is 6.42 Å². The van der Waals surface area contributed by atoms with Crippen LogP contribution >= 0.6 is 39.9 Å². The van der Waals surface area contributed by atoms with Gasteiger partial charge >= 0.3 is 0 Å². The lowest BCUT2D eigenvalue weighted by molar-refractivity contribution is 0.0954. The molecule has 0 bridgehead atoms. The zero-order valence-corrected chi connectivity index (χ0v) is 20.1. The molecule has 0 aliphatic heterocycles. The molecule has 6 nitrogen and oxygen atoms in total. The van der Waals surface area contributed by atoms with Crippen LogP contribution in [0.5, 0.6) is 0 Å². The first-order valence-corrected chi connectivity index (χ1v) is 10.00. The zero-order valence-electron chi connectivity index (χ0n) is 16.2. The number of rotatable bonds is 7. The molecule has 0 aliphatic rings. The van der Waals surface area contributed by atoms with Crippen molar-refractivity contribution in [3.05, 3.63) is 70.3 Å². The van der Waals surface area contributed by atoms with Crippen molar-refractivity contribution < 1.29 is 4.79 Å². The monoisotopic (exact) mass is 569 g/mol. The van der Waals surface area contributed by atoms with Crippen molar-refractivity contribution >= 4 is 62.7 Å². The molecule has 0 fully saturated rings. The first kappa shape index (κ1) is 23.2. The summed E-state index contributed by atoms with van der Waals surface area (Å²) in [5, 5.41) is 10.7. The summed E-state index contributed by atoms with van der Waals surface area (Å²) in [5.41, 5.74) is 3.07. The fourth-order valence-electron chi connectivity index (χ4n) is 2.96. The van der Waals surface area contributed by atoms with Crippen LogP contribution in [0.1, 0.15) is 15.9 Å². The molecule has 29 heavy (non-hydrogen) atoms. The number of aromatic nitrogens is 1. The minimum Gasteiger partial charge on any atom is -0.361 e. The van der Waals surface area contributed by atoms with Crippen molar-refractivity contribution in [3.8, 4) is 0 Å². The molecular weight excluding hydrogens is 545 g/mol. The van der Waals surface area contributed by atoms with Gasteiger partial charge in [-0.05, 0) is 36.2 Å². The Labute approximate surface area is 196 Å². The van der Waals surface area contributed by atoms with E-state index in [1.807, 2.05) is 18.2 Å². The molecule has 0 radical (unpaired) electrons. The number of fused-ring (bicyclic) bond motifs is 1. The number of nitrogens with one attached hydrogen (secondary N) is 4. The third-order valence-corrected chi connectivity index (χ3v) is 4.87. The second kappa shape index (κ2) is 11.8. The first-order valence-electron chi connectivity index (χ1n) is 9.20. The Kier molecular flexibility index (Phi) is 9.46. The number of amides is 1. The molecule has 8 heteroatoms. The number of aromatic amines is 1. The summed E-state index contributed by atoms with van der Waals surface area (Å²) in [6, 6.07) is 15.6. The average molecular weight is 570 g/mol. The molecule has 0 saturated carbocycles. The fourth-order valence-corrected chi connectivity index (χ4v) is 3.36. The van der Waals surface area contributed by atoms with Gasteiger partial charge in [-0.1, -0.05) is 40.2 Å². The van der Waals surface area contributed by atoms with E-state index in [9.17, 15) is 4.79 Å². The van der Waals surface area contributed by atoms with Gasteiger partial charge in [0.05, 0.1) is 0 Å². The molecule has 4 N–H and O–H groups in total. The van der Waals surface area contributed by atoms with Crippen LogP contribution in [0.3, 0.4) is 0 Å². The van der Waals surface area contributed by atoms with Gasteiger partial charge in [-0.15, -0.1) is 24.0 Å². The maximum atomic E-state index is 12.1. The third-order valence-electron chi connectivity index (χ3n) is 4.38. The van der Waals surface area contributed by atoms with E-state index >= 15 is 0 Å². The standard InChI is InChI=1S/C21H24BrN5O.HI/c1-23-21(25-10-9-16-14-27-19-8-3-2-7-18(16)19)26-12-11-24-20(28)15-5-4-6-17(22)13-15;/h2-8,13-14,27H,9-12H2,1H3,(H,24,28)(H2,23,25,26);1H. The molecule has 0 aliphatic carbocycles. The third kappa shape index (κ3) is 6.74. The fraction of sp³-hybridized carbons (Fsp3) is 0.238. The predicted molar refractivity (Wildman–Crippen MR) is 133 cm³/mol. The van der Waals surface area contributed by atoms with Crippen molar-refractivity contribution in [2.24, 2.45) is 4.99 Å². The molecule has 0 spiro atoms. The Hall–Kier alpha value is -2.07. The van der Waals surface area contributed by atoms with E-state index in [1.54, 1.807) is 19.2 Å². The van der Waals surface area contributed by atoms with Crippen molar-refractivity contribution in [2.45, 2.75) is 6.42 Å². The Morgan fingerprint density at radius 1 is 1.03 bits per heavy atom. The average Bonchev–Trinajstić information content (AvgIpc) is 3.12. The number of hydrogen-bond acceptors (Lipinski definition) is 2. The summed E-state index contributed by atoms with van der Waals surface area (Å²) in [6.07, 6.45) is 2.95. The van der Waals surface area contributed by atoms with Crippen molar-refractivity contribution in [1.29, 1.82) is 0 Å². The molecule has 1 aromatic heterocycles. The molecular formula is C21H25BrIN5O. The zero-order chi connectivity index (χ0) is 19.8. The highest BCUT2D eigenvalue weighted by Gasteiger charge is 2.06. The Morgan fingerprint density at radius 2 is 1.79 bits per heavy atom. The highest BCUT2D eigenvalue weighted by molar-refractivity contribution is 14.0. The molecule has 0 atom stereocenters. The minimum absolute atomic E-state index is 0. The summed E-state index contributed by atoms with van der Waals surface area (Å²) in [4.78, 5) is 19.6. The molecule has 3 rings (SSSR count). The minimum atomic E-state index is -0.0922. The highest BCUT2D eigenvalue weighted by atomic mass is 127. The number of guanidine groups is 1. The molecule has 0 unspecified atom stereocenters. The molecule has 0 saturated heterocycles. The van der Waals surface area contributed by atoms with E-state index in [0.717, 1.165) is 28.9 Å². The van der Waals surface area contributed by atoms with E-state index in [-0.39, 0.29) is 29.9 Å². The van der Waals surface area contributed by atoms with Crippen LogP contribution in [0.2, 0.25) is 0 Å². The molecule has 3 aromatic rings. The van der Waals surface area contributed by atoms with Crippen LogP contribution in [0.4, 0.5) is 0 Å². The summed E-state index contributed by atoms with van der Waals surface area (Å²) < 4.78 is 0.887. The number of para-hydroxylation sites is 1. The number of carbonyl (C=O) groups excluding carboxylic acids is 1. The van der Waals surface area contributed by atoms with Crippen LogP contribution < -0.4 is 16.0 Å². The van der Waals surface area contributed by atoms with Gasteiger partial charge in [-0.25, -0.2) is 0 Å². The number of aliphatic imine (C=N–C) groups is 1. The number of hydrogen-bond donors (Lipinski definition) is 4. The molecule has 1 heterocycles. The number of carbonyl (C=O) groups is 1. The van der Waals surface area contributed by atoms with Crippen molar-refractivity contribution in [1.82, 2.24) is 20.9 Å². The second-order valence-electron chi connectivity index (χ2n) is 6.30. The van der Waals surface area contributed by atoms with E-state index in [4.69, 9.17) is 0 Å². The first-order chi connectivity index (χ1) is 13.7. The topological polar surface area (TPSA) is 81.3 Å². The quantitative estimate of drug-likeness (QED) is 0.152. The van der Waals surface area contributed by atoms with Crippen LogP contribution in [0.15, 0.2) is 64.2 Å². The Bertz CT molecular complexity index is 972. The van der Waals surface area contributed by atoms with Gasteiger partial charge in [0.25, 0.3) is 5.91 Å². The predicted octanol–water partition coefficient (Wildman–Crippen LogP) is 3.69. The SMILES string of the molecule is CN=C(NCCNC(=O)c1cccc(Br)c1)NCCc1c[nH]c2ccccc12.I. The lowest BCUT2D eigenvalue weighted by Crippen LogP contribution is -2.42. The van der Waals surface area contributed by atoms with E-state index < -0.39 is 0 Å². The molecule has 2 aromatic carbocycles. The van der Waals surface area contributed by atoms with Crippen molar-refractivity contribution in [2.75, 3.05) is 26.7 Å². The van der Waals surface area contributed by atoms with E-state index in [1.165, 1.54) is 10.9 Å². The van der Waals surface area contributed by atoms with Gasteiger partial charge in [-0.3, -0.25) is 9.79 Å². The van der Waals surface area contributed by atoms with Crippen LogP contribution in [-0.4, -0.2) is 43.5 Å². The normalized spacial score (nSPS) is 11.0. The summed E-state index contributed by atoms with van der Waals surface area (Å²) in [7, 11) is 1.74. The highest BCUT2D eigenvalue weighted by Crippen LogP contribution is 2.17. The number of benzene rings is 2. The second-order valence-corrected chi connectivity index (χ2v) is 7.22. The Balaban J connectivity index is 0.00000300. The van der Waals surface area contributed by atoms with E-state index in [2.05, 4.69) is 66.3 Å². The van der Waals surface area contributed by atoms with Crippen molar-refractivity contribution in [3.63, 3.8) is 0 Å². The summed E-state index contributed by atoms with van der Waals surface area (Å²) >= 11 is 3.37. The molecule has 154 valence electrons. The van der Waals surface area contributed by atoms with Gasteiger partial charge in [0.15, 0.2) is 5.96 Å². The maximum absolute atomic E-state index is 12.1. The van der Waals surface area contributed by atoms with Crippen LogP contribution in [0, 0.1) is 0 Å². The number of halogens is 2. The summed E-state index contributed by atoms with van der Waals surface area (Å²) in [6.45, 7) is 1.87. The van der Waals surface area contributed by atoms with Gasteiger partial charge in [0.2, 0.25) is 0 Å². The maximum Gasteiger partial charge on any atom is 0.251 e. The van der Waals surface area contributed by atoms with Gasteiger partial charge in [-0.2, -0.15) is 0 Å². The van der Waals surface area contributed by atoms with Crippen LogP contribution in [0.25, 0.3) is 10.9 Å². The Morgan fingerprint density at radius 3 is 2.59 bits per heavy atom. The van der Waals surface area contributed by atoms with E-state index in [0.29, 0.717) is 18.7 Å². The molecule has 1 amide bonds. The van der Waals surface area contributed by atoms with Gasteiger partial charge in [0.1, 0.15) is 0 Å². The largest absolute Gasteiger partial charge is 0.361 e. The number of H-pyrrole nitrogens is 1. The van der Waals surface area contributed by atoms with Gasteiger partial charge < -0.3 is 20.9 Å². The summed E-state index contributed by atoms with van der Waals surface area (Å²) in [5.74, 6) is 0.627. The smallest absolute Gasteiger partial charge is 0.251 e. The lowest BCUT2D eigenvalue weighted by atomic mass is 10.1.